The number of hydrogen-bond donors (Lipinski definition) is 0. The Kier molecular flexibility index (Phi) is 3.42. The molecular weight excluding hydrogens is 260 g/mol. The molecule has 0 amide bonds. The topological polar surface area (TPSA) is 68.3 Å². The molecule has 0 unspecified atom stereocenters. The molecule has 1 rings (SSSR count). The molecule has 0 heterocycles. The zero-order chi connectivity index (χ0) is 11.7. The van der Waals surface area contributed by atoms with Crippen LogP contribution >= 0.6 is 11.6 Å². The van der Waals surface area contributed by atoms with Gasteiger partial charge in [-0.15, -0.1) is 0 Å². The van der Waals surface area contributed by atoms with Crippen molar-refractivity contribution in [2.45, 2.75) is 4.90 Å². The number of hydrogen-bond acceptors (Lipinski definition) is 4. The maximum atomic E-state index is 11.5. The molecule has 1 aromatic carbocycles. The van der Waals surface area contributed by atoms with Crippen LogP contribution in [0.4, 0.5) is 0 Å². The Bertz CT molecular complexity index is 543. The lowest BCUT2D eigenvalue weighted by Crippen LogP contribution is -2.09. The van der Waals surface area contributed by atoms with Crippen molar-refractivity contribution in [3.05, 3.63) is 34.4 Å². The van der Waals surface area contributed by atoms with Crippen LogP contribution in [0.25, 0.3) is 0 Å². The molecule has 0 aliphatic rings. The quantitative estimate of drug-likeness (QED) is 0.774. The van der Waals surface area contributed by atoms with Crippen LogP contribution < -0.4 is 0 Å². The Hall–Kier alpha value is -0.590. The van der Waals surface area contributed by atoms with E-state index >= 15 is 0 Å². The molecule has 0 bridgehead atoms. The average Bonchev–Trinajstić information content (AvgIpc) is 2.00. The van der Waals surface area contributed by atoms with Crippen molar-refractivity contribution in [2.75, 3.05) is 6.26 Å². The molecule has 0 fully saturated rings. The summed E-state index contributed by atoms with van der Waals surface area (Å²) in [7, 11) is -7.59. The van der Waals surface area contributed by atoms with Gasteiger partial charge in [0.1, 0.15) is 0 Å². The summed E-state index contributed by atoms with van der Waals surface area (Å²) in [5, 5.41) is 0.705. The lowest BCUT2D eigenvalue weighted by Gasteiger charge is -2.11. The smallest absolute Gasteiger partial charge is 0.0655 e. The molecule has 15 heavy (non-hydrogen) atoms. The normalized spacial score (nSPS) is 12.7. The summed E-state index contributed by atoms with van der Waals surface area (Å²) in [6.45, 7) is 0. The van der Waals surface area contributed by atoms with Crippen molar-refractivity contribution >= 4 is 31.3 Å². The van der Waals surface area contributed by atoms with Gasteiger partial charge in [-0.1, -0.05) is 16.7 Å². The van der Waals surface area contributed by atoms with Crippen molar-refractivity contribution < 1.29 is 16.8 Å². The summed E-state index contributed by atoms with van der Waals surface area (Å²) < 4.78 is 44.6. The molecule has 7 heteroatoms. The summed E-state index contributed by atoms with van der Waals surface area (Å²) in [5.41, 5.74) is 0. The number of sulfone groups is 2. The Balaban J connectivity index is 3.13. The SMILES string of the molecule is CS(=O)(=O)[CH-]S(=O)(=O)c1ccc(Cl)cc1. The molecule has 0 aromatic heterocycles. The third-order valence-corrected chi connectivity index (χ3v) is 5.04. The zero-order valence-corrected chi connectivity index (χ0v) is 10.1. The molecule has 1 aromatic rings. The van der Waals surface area contributed by atoms with Crippen molar-refractivity contribution in [3.63, 3.8) is 0 Å². The van der Waals surface area contributed by atoms with Crippen LogP contribution in [-0.2, 0) is 19.7 Å². The van der Waals surface area contributed by atoms with Gasteiger partial charge in [-0.3, -0.25) is 16.8 Å². The summed E-state index contributed by atoms with van der Waals surface area (Å²) in [6.07, 6.45) is 0.820. The molecule has 4 nitrogen and oxygen atoms in total. The predicted octanol–water partition coefficient (Wildman–Crippen LogP) is 1.28. The van der Waals surface area contributed by atoms with E-state index in [4.69, 9.17) is 11.6 Å². The summed E-state index contributed by atoms with van der Waals surface area (Å²) in [4.78, 5) is -0.0997. The lowest BCUT2D eigenvalue weighted by atomic mass is 10.4. The Morgan fingerprint density at radius 3 is 1.93 bits per heavy atom. The fourth-order valence-corrected chi connectivity index (χ4v) is 3.84. The van der Waals surface area contributed by atoms with Gasteiger partial charge < -0.3 is 0 Å². The van der Waals surface area contributed by atoms with Gasteiger partial charge >= 0.3 is 0 Å². The summed E-state index contributed by atoms with van der Waals surface area (Å²) >= 11 is 5.57. The second-order valence-corrected chi connectivity index (χ2v) is 7.35. The van der Waals surface area contributed by atoms with E-state index in [0.717, 1.165) is 6.26 Å². The first-order valence-corrected chi connectivity index (χ1v) is 7.64. The van der Waals surface area contributed by atoms with Gasteiger partial charge in [-0.05, 0) is 24.3 Å². The van der Waals surface area contributed by atoms with Crippen LogP contribution in [-0.4, -0.2) is 23.1 Å². The van der Waals surface area contributed by atoms with Gasteiger partial charge in [0, 0.05) is 26.0 Å². The highest BCUT2D eigenvalue weighted by atomic mass is 35.5. The molecule has 0 N–H and O–H groups in total. The monoisotopic (exact) mass is 267 g/mol. The molecule has 0 spiro atoms. The number of rotatable bonds is 3. The van der Waals surface area contributed by atoms with Gasteiger partial charge in [0.05, 0.1) is 9.84 Å². The van der Waals surface area contributed by atoms with Crippen molar-refractivity contribution in [1.29, 1.82) is 0 Å². The second kappa shape index (κ2) is 4.11. The molecule has 0 radical (unpaired) electrons. The van der Waals surface area contributed by atoms with E-state index in [1.807, 2.05) is 0 Å². The van der Waals surface area contributed by atoms with Gasteiger partial charge in [0.15, 0.2) is 0 Å². The van der Waals surface area contributed by atoms with Gasteiger partial charge in [0.2, 0.25) is 0 Å². The fourth-order valence-electron chi connectivity index (χ4n) is 0.910. The number of halogens is 1. The standard InChI is InChI=1S/C8H8ClO4S2/c1-14(10,11)6-15(12,13)8-4-2-7(9)3-5-8/h2-6H,1H3/q-1. The van der Waals surface area contributed by atoms with Crippen LogP contribution in [0.15, 0.2) is 29.2 Å². The average molecular weight is 268 g/mol. The van der Waals surface area contributed by atoms with Crippen molar-refractivity contribution in [2.24, 2.45) is 0 Å². The summed E-state index contributed by atoms with van der Waals surface area (Å²) in [5.74, 6) is 0. The molecule has 0 aliphatic carbocycles. The van der Waals surface area contributed by atoms with E-state index in [1.54, 1.807) is 0 Å². The molecule has 0 saturated heterocycles. The Morgan fingerprint density at radius 2 is 1.53 bits per heavy atom. The highest BCUT2D eigenvalue weighted by Crippen LogP contribution is 2.18. The summed E-state index contributed by atoms with van der Waals surface area (Å²) in [6, 6.07) is 5.26. The Morgan fingerprint density at radius 1 is 1.07 bits per heavy atom. The molecule has 84 valence electrons. The third kappa shape index (κ3) is 3.81. The van der Waals surface area contributed by atoms with Gasteiger partial charge in [-0.2, -0.15) is 0 Å². The first kappa shape index (κ1) is 12.5. The van der Waals surface area contributed by atoms with E-state index in [1.165, 1.54) is 24.3 Å². The third-order valence-electron chi connectivity index (χ3n) is 1.44. The van der Waals surface area contributed by atoms with Crippen molar-refractivity contribution in [1.82, 2.24) is 0 Å². The van der Waals surface area contributed by atoms with Crippen LogP contribution in [0.3, 0.4) is 0 Å². The van der Waals surface area contributed by atoms with E-state index in [9.17, 15) is 16.8 Å². The fraction of sp³-hybridized carbons (Fsp3) is 0.125. The van der Waals surface area contributed by atoms with E-state index in [2.05, 4.69) is 0 Å². The minimum absolute atomic E-state index is 0.0997. The second-order valence-electron chi connectivity index (χ2n) is 2.92. The van der Waals surface area contributed by atoms with Crippen molar-refractivity contribution in [3.8, 4) is 0 Å². The zero-order valence-electron chi connectivity index (χ0n) is 7.71. The molecule has 0 saturated carbocycles. The maximum Gasteiger partial charge on any atom is 0.0655 e. The van der Waals surface area contributed by atoms with Crippen LogP contribution in [0.1, 0.15) is 0 Å². The highest BCUT2D eigenvalue weighted by Gasteiger charge is 2.09. The number of benzene rings is 1. The predicted molar refractivity (Wildman–Crippen MR) is 57.8 cm³/mol. The first-order chi connectivity index (χ1) is 6.71. The molecule has 0 aliphatic heterocycles. The van der Waals surface area contributed by atoms with Gasteiger partial charge in [-0.25, -0.2) is 0 Å². The Labute approximate surface area is 93.7 Å². The van der Waals surface area contributed by atoms with Crippen LogP contribution in [0.5, 0.6) is 0 Å². The maximum absolute atomic E-state index is 11.5. The van der Waals surface area contributed by atoms with Crippen LogP contribution in [0.2, 0.25) is 5.02 Å². The highest BCUT2D eigenvalue weighted by molar-refractivity contribution is 8.11. The minimum Gasteiger partial charge on any atom is -0.262 e. The molecule has 0 atom stereocenters. The largest absolute Gasteiger partial charge is 0.262 e. The molecular formula is C8H8ClO4S2-. The van der Waals surface area contributed by atoms with E-state index in [-0.39, 0.29) is 4.90 Å². The minimum atomic E-state index is -3.91. The van der Waals surface area contributed by atoms with E-state index < -0.39 is 19.7 Å². The van der Waals surface area contributed by atoms with E-state index in [0.29, 0.717) is 10.1 Å². The lowest BCUT2D eigenvalue weighted by molar-refractivity contribution is 0.597. The van der Waals surface area contributed by atoms with Crippen LogP contribution in [0, 0.1) is 5.08 Å². The van der Waals surface area contributed by atoms with Gasteiger partial charge in [0.25, 0.3) is 0 Å². The first-order valence-electron chi connectivity index (χ1n) is 3.76.